The second kappa shape index (κ2) is 4.30. The summed E-state index contributed by atoms with van der Waals surface area (Å²) in [5.41, 5.74) is 11.7. The van der Waals surface area contributed by atoms with Gasteiger partial charge in [-0.1, -0.05) is 30.0 Å². The van der Waals surface area contributed by atoms with Crippen LogP contribution in [0.2, 0.25) is 0 Å². The highest BCUT2D eigenvalue weighted by atomic mass is 32.2. The Balaban J connectivity index is 2.44. The van der Waals surface area contributed by atoms with E-state index in [0.717, 1.165) is 11.8 Å². The van der Waals surface area contributed by atoms with Gasteiger partial charge in [0.25, 0.3) is 0 Å². The van der Waals surface area contributed by atoms with Crippen molar-refractivity contribution in [2.75, 3.05) is 5.32 Å². The van der Waals surface area contributed by atoms with Crippen LogP contribution in [-0.4, -0.2) is 5.91 Å². The average molecular weight is 295 g/mol. The van der Waals surface area contributed by atoms with Gasteiger partial charge < -0.3 is 16.8 Å². The van der Waals surface area contributed by atoms with Crippen LogP contribution in [0, 0.1) is 22.7 Å². The third-order valence-electron chi connectivity index (χ3n) is 3.62. The van der Waals surface area contributed by atoms with Gasteiger partial charge in [-0.05, 0) is 6.07 Å². The number of anilines is 1. The highest BCUT2D eigenvalue weighted by Crippen LogP contribution is 2.52. The van der Waals surface area contributed by atoms with E-state index < -0.39 is 11.3 Å². The van der Waals surface area contributed by atoms with Gasteiger partial charge in [-0.3, -0.25) is 4.79 Å². The number of amides is 1. The van der Waals surface area contributed by atoms with E-state index >= 15 is 0 Å². The topological polar surface area (TPSA) is 129 Å². The molecule has 0 saturated heterocycles. The fourth-order valence-electron chi connectivity index (χ4n) is 2.70. The number of nitriles is 2. The Morgan fingerprint density at radius 3 is 2.57 bits per heavy atom. The van der Waals surface area contributed by atoms with Crippen molar-refractivity contribution < 1.29 is 4.79 Å². The molecule has 2 aliphatic heterocycles. The minimum Gasteiger partial charge on any atom is -0.399 e. The molecule has 0 fully saturated rings. The van der Waals surface area contributed by atoms with Crippen molar-refractivity contribution in [3.05, 3.63) is 51.0 Å². The molecule has 0 saturated carbocycles. The molecule has 1 amide bonds. The van der Waals surface area contributed by atoms with E-state index in [0.29, 0.717) is 11.3 Å². The molecule has 3 rings (SSSR count). The van der Waals surface area contributed by atoms with E-state index in [4.69, 9.17) is 11.5 Å². The van der Waals surface area contributed by atoms with E-state index in [2.05, 4.69) is 5.32 Å². The van der Waals surface area contributed by atoms with Gasteiger partial charge in [0.15, 0.2) is 5.41 Å². The Morgan fingerprint density at radius 1 is 1.19 bits per heavy atom. The molecule has 102 valence electrons. The van der Waals surface area contributed by atoms with Crippen molar-refractivity contribution in [1.82, 2.24) is 0 Å². The highest BCUT2D eigenvalue weighted by molar-refractivity contribution is 8.07. The molecule has 1 spiro atoms. The maximum atomic E-state index is 12.6. The number of rotatable bonds is 0. The summed E-state index contributed by atoms with van der Waals surface area (Å²) in [6.07, 6.45) is 0. The first-order chi connectivity index (χ1) is 10.1. The molecule has 0 aromatic heterocycles. The monoisotopic (exact) mass is 295 g/mol. The van der Waals surface area contributed by atoms with Crippen LogP contribution in [-0.2, 0) is 10.2 Å². The van der Waals surface area contributed by atoms with Crippen LogP contribution in [0.5, 0.6) is 0 Å². The lowest BCUT2D eigenvalue weighted by molar-refractivity contribution is -0.118. The third-order valence-corrected chi connectivity index (χ3v) is 4.55. The largest absolute Gasteiger partial charge is 0.399 e. The van der Waals surface area contributed by atoms with Crippen LogP contribution in [0.4, 0.5) is 5.69 Å². The van der Waals surface area contributed by atoms with Crippen molar-refractivity contribution in [2.24, 2.45) is 11.5 Å². The Hall–Kier alpha value is -2.90. The molecule has 1 unspecified atom stereocenters. The van der Waals surface area contributed by atoms with Gasteiger partial charge in [0.1, 0.15) is 11.0 Å². The van der Waals surface area contributed by atoms with Crippen molar-refractivity contribution >= 4 is 23.4 Å². The number of nitrogens with two attached hydrogens (primary N) is 2. The van der Waals surface area contributed by atoms with Crippen LogP contribution in [0.3, 0.4) is 0 Å². The normalized spacial score (nSPS) is 23.6. The Morgan fingerprint density at radius 2 is 1.90 bits per heavy atom. The van der Waals surface area contributed by atoms with E-state index in [1.165, 1.54) is 0 Å². The van der Waals surface area contributed by atoms with Crippen molar-refractivity contribution in [1.29, 1.82) is 10.5 Å². The first-order valence-electron chi connectivity index (χ1n) is 5.96. The predicted molar refractivity (Wildman–Crippen MR) is 78.0 cm³/mol. The standard InChI is InChI=1S/C14H9N5OS/c15-5-8-12(18)21-10(6-16)11(17)14(8)7-3-1-2-4-9(7)19-13(14)20/h1-4H,17-18H2,(H,19,20). The van der Waals surface area contributed by atoms with E-state index in [-0.39, 0.29) is 21.2 Å². The first kappa shape index (κ1) is 13.1. The number of fused-ring (bicyclic) bond motifs is 2. The number of carbonyl (C=O) groups excluding carboxylic acids is 1. The number of allylic oxidation sites excluding steroid dienone is 1. The summed E-state index contributed by atoms with van der Waals surface area (Å²) in [7, 11) is 0. The average Bonchev–Trinajstić information content (AvgIpc) is 2.77. The van der Waals surface area contributed by atoms with Gasteiger partial charge in [0, 0.05) is 11.3 Å². The molecule has 1 aromatic carbocycles. The first-order valence-corrected chi connectivity index (χ1v) is 6.78. The minimum atomic E-state index is -1.51. The van der Waals surface area contributed by atoms with Crippen LogP contribution in [0.1, 0.15) is 5.56 Å². The Kier molecular flexibility index (Phi) is 2.68. The lowest BCUT2D eigenvalue weighted by atomic mass is 9.72. The summed E-state index contributed by atoms with van der Waals surface area (Å²) in [4.78, 5) is 12.7. The van der Waals surface area contributed by atoms with Gasteiger partial charge in [0.2, 0.25) is 5.91 Å². The SMILES string of the molecule is N#CC1=C(N)C2(C(=O)Nc3ccccc32)C(C#N)=C(N)S1. The predicted octanol–water partition coefficient (Wildman–Crippen LogP) is 1.01. The summed E-state index contributed by atoms with van der Waals surface area (Å²) in [6, 6.07) is 10.9. The van der Waals surface area contributed by atoms with E-state index in [9.17, 15) is 15.3 Å². The smallest absolute Gasteiger partial charge is 0.246 e. The Labute approximate surface area is 124 Å². The fourth-order valence-corrected chi connectivity index (χ4v) is 3.53. The van der Waals surface area contributed by atoms with Crippen LogP contribution >= 0.6 is 11.8 Å². The maximum absolute atomic E-state index is 12.6. The molecule has 1 aromatic rings. The molecule has 1 atom stereocenters. The summed E-state index contributed by atoms with van der Waals surface area (Å²) in [6.45, 7) is 0. The zero-order valence-electron chi connectivity index (χ0n) is 10.7. The zero-order valence-corrected chi connectivity index (χ0v) is 11.5. The molecular formula is C14H9N5OS. The second-order valence-electron chi connectivity index (χ2n) is 4.56. The molecular weight excluding hydrogens is 286 g/mol. The summed E-state index contributed by atoms with van der Waals surface area (Å²) < 4.78 is 0. The number of nitrogens with zero attached hydrogens (tertiary/aromatic N) is 2. The number of hydrogen-bond donors (Lipinski definition) is 3. The fraction of sp³-hybridized carbons (Fsp3) is 0.0714. The number of hydrogen-bond acceptors (Lipinski definition) is 6. The van der Waals surface area contributed by atoms with Crippen LogP contribution < -0.4 is 16.8 Å². The van der Waals surface area contributed by atoms with Gasteiger partial charge in [-0.15, -0.1) is 0 Å². The summed E-state index contributed by atoms with van der Waals surface area (Å²) in [5, 5.41) is 21.5. The van der Waals surface area contributed by atoms with E-state index in [1.54, 1.807) is 24.3 Å². The lowest BCUT2D eigenvalue weighted by Crippen LogP contribution is -2.44. The lowest BCUT2D eigenvalue weighted by Gasteiger charge is -2.32. The van der Waals surface area contributed by atoms with Crippen LogP contribution in [0.15, 0.2) is 45.5 Å². The molecule has 21 heavy (non-hydrogen) atoms. The number of thioether (sulfide) groups is 1. The van der Waals surface area contributed by atoms with Gasteiger partial charge >= 0.3 is 0 Å². The maximum Gasteiger partial charge on any atom is 0.246 e. The van der Waals surface area contributed by atoms with Crippen molar-refractivity contribution in [2.45, 2.75) is 5.41 Å². The molecule has 2 aliphatic rings. The molecule has 2 heterocycles. The summed E-state index contributed by atoms with van der Waals surface area (Å²) in [5.74, 6) is -0.464. The number of para-hydroxylation sites is 1. The molecule has 5 N–H and O–H groups in total. The number of nitrogens with one attached hydrogen (secondary N) is 1. The summed E-state index contributed by atoms with van der Waals surface area (Å²) >= 11 is 0.913. The Bertz CT molecular complexity index is 827. The van der Waals surface area contributed by atoms with Crippen molar-refractivity contribution in [3.8, 4) is 12.1 Å². The molecule has 0 radical (unpaired) electrons. The van der Waals surface area contributed by atoms with Gasteiger partial charge in [-0.25, -0.2) is 0 Å². The van der Waals surface area contributed by atoms with Crippen molar-refractivity contribution in [3.63, 3.8) is 0 Å². The molecule has 7 heteroatoms. The quantitative estimate of drug-likeness (QED) is 0.655. The number of carbonyl (C=O) groups is 1. The van der Waals surface area contributed by atoms with Gasteiger partial charge in [-0.2, -0.15) is 10.5 Å². The third kappa shape index (κ3) is 1.44. The number of benzene rings is 1. The highest BCUT2D eigenvalue weighted by Gasteiger charge is 2.56. The molecule has 6 nitrogen and oxygen atoms in total. The second-order valence-corrected chi connectivity index (χ2v) is 5.61. The van der Waals surface area contributed by atoms with E-state index in [1.807, 2.05) is 12.1 Å². The van der Waals surface area contributed by atoms with Gasteiger partial charge in [0.05, 0.1) is 22.4 Å². The zero-order chi connectivity index (χ0) is 15.2. The molecule has 0 bridgehead atoms. The molecule has 0 aliphatic carbocycles. The van der Waals surface area contributed by atoms with Crippen LogP contribution in [0.25, 0.3) is 0 Å². The minimum absolute atomic E-state index is 0.0446.